The summed E-state index contributed by atoms with van der Waals surface area (Å²) in [5, 5.41) is 22.0. The number of phenolic OH excluding ortho intramolecular Hbond substituents is 1. The Labute approximate surface area is 267 Å². The van der Waals surface area contributed by atoms with Gasteiger partial charge < -0.3 is 9.52 Å². The molecule has 5 nitrogen and oxygen atoms in total. The lowest BCUT2D eigenvalue weighted by atomic mass is 9.86. The maximum absolute atomic E-state index is 10.5. The first-order valence-corrected chi connectivity index (χ1v) is 15.2. The number of oxazole rings is 1. The minimum absolute atomic E-state index is 0.0562. The molecule has 0 saturated carbocycles. The van der Waals surface area contributed by atoms with E-state index in [4.69, 9.17) is 14.4 Å². The molecule has 6 aromatic carbocycles. The topological polar surface area (TPSA) is 82.4 Å². The highest BCUT2D eigenvalue weighted by Gasteiger charge is 2.18. The molecule has 1 heterocycles. The third-order valence-electron chi connectivity index (χ3n) is 8.33. The standard InChI is InChI=1S/C41H31N3O2/c1-41(2,3)29-19-22-37(45)28(23-29)25-43-36-13-7-6-11-35(36)40-44-39-34(12-8-14-38(39)46-40)33-21-20-30(31-9-4-5-10-32(31)33)27-17-15-26(24-42)16-18-27/h4-23,25,45H,1-3H3. The number of benzene rings is 6. The zero-order valence-corrected chi connectivity index (χ0v) is 25.8. The van der Waals surface area contributed by atoms with Crippen LogP contribution in [0.15, 0.2) is 131 Å². The molecule has 5 heteroatoms. The molecule has 0 atom stereocenters. The Morgan fingerprint density at radius 2 is 1.43 bits per heavy atom. The first-order valence-electron chi connectivity index (χ1n) is 15.2. The van der Waals surface area contributed by atoms with Crippen LogP contribution in [-0.2, 0) is 5.41 Å². The lowest BCUT2D eigenvalue weighted by molar-refractivity contribution is 0.473. The number of para-hydroxylation sites is 2. The summed E-state index contributed by atoms with van der Waals surface area (Å²) < 4.78 is 6.36. The van der Waals surface area contributed by atoms with Gasteiger partial charge in [-0.05, 0) is 80.9 Å². The molecule has 0 spiro atoms. The molecule has 0 saturated heterocycles. The Morgan fingerprint density at radius 3 is 2.20 bits per heavy atom. The van der Waals surface area contributed by atoms with Crippen LogP contribution < -0.4 is 0 Å². The van der Waals surface area contributed by atoms with Gasteiger partial charge in [0.25, 0.3) is 0 Å². The normalized spacial score (nSPS) is 11.8. The van der Waals surface area contributed by atoms with E-state index in [-0.39, 0.29) is 11.2 Å². The average Bonchev–Trinajstić information content (AvgIpc) is 3.52. The van der Waals surface area contributed by atoms with Gasteiger partial charge in [-0.15, -0.1) is 0 Å². The number of aromatic nitrogens is 1. The third kappa shape index (κ3) is 5.31. The monoisotopic (exact) mass is 597 g/mol. The summed E-state index contributed by atoms with van der Waals surface area (Å²) in [5.41, 5.74) is 9.42. The predicted molar refractivity (Wildman–Crippen MR) is 187 cm³/mol. The highest BCUT2D eigenvalue weighted by Crippen LogP contribution is 2.40. The average molecular weight is 598 g/mol. The minimum Gasteiger partial charge on any atom is -0.507 e. The summed E-state index contributed by atoms with van der Waals surface area (Å²) in [6, 6.07) is 41.9. The maximum atomic E-state index is 10.5. The summed E-state index contributed by atoms with van der Waals surface area (Å²) in [4.78, 5) is 9.80. The van der Waals surface area contributed by atoms with Gasteiger partial charge in [0, 0.05) is 17.3 Å². The van der Waals surface area contributed by atoms with Crippen molar-refractivity contribution in [2.24, 2.45) is 4.99 Å². The van der Waals surface area contributed by atoms with Gasteiger partial charge in [0.1, 0.15) is 11.3 Å². The van der Waals surface area contributed by atoms with Crippen LogP contribution in [0.25, 0.3) is 55.6 Å². The second-order valence-electron chi connectivity index (χ2n) is 12.4. The second-order valence-corrected chi connectivity index (χ2v) is 12.4. The number of hydrogen-bond acceptors (Lipinski definition) is 5. The molecule has 0 fully saturated rings. The SMILES string of the molecule is CC(C)(C)c1ccc(O)c(C=Nc2ccccc2-c2nc3c(-c4ccc(-c5ccc(C#N)cc5)c5ccccc45)cccc3o2)c1. The van der Waals surface area contributed by atoms with Gasteiger partial charge in [0.05, 0.1) is 22.9 Å². The molecule has 46 heavy (non-hydrogen) atoms. The molecule has 222 valence electrons. The highest BCUT2D eigenvalue weighted by molar-refractivity contribution is 6.08. The Hall–Kier alpha value is -5.99. The minimum atomic E-state index is -0.0562. The van der Waals surface area contributed by atoms with Crippen LogP contribution in [0.3, 0.4) is 0 Å². The van der Waals surface area contributed by atoms with E-state index in [1.807, 2.05) is 84.9 Å². The number of nitrogens with zero attached hydrogens (tertiary/aromatic N) is 3. The molecule has 0 unspecified atom stereocenters. The first-order chi connectivity index (χ1) is 22.3. The smallest absolute Gasteiger partial charge is 0.229 e. The van der Waals surface area contributed by atoms with Crippen LogP contribution in [-0.4, -0.2) is 16.3 Å². The van der Waals surface area contributed by atoms with Crippen molar-refractivity contribution >= 4 is 33.8 Å². The molecule has 7 aromatic rings. The summed E-state index contributed by atoms with van der Waals surface area (Å²) in [6.07, 6.45) is 1.69. The van der Waals surface area contributed by atoms with Crippen molar-refractivity contribution in [3.63, 3.8) is 0 Å². The lowest BCUT2D eigenvalue weighted by Crippen LogP contribution is -2.11. The lowest BCUT2D eigenvalue weighted by Gasteiger charge is -2.19. The summed E-state index contributed by atoms with van der Waals surface area (Å²) >= 11 is 0. The van der Waals surface area contributed by atoms with Gasteiger partial charge in [-0.25, -0.2) is 4.98 Å². The van der Waals surface area contributed by atoms with Crippen molar-refractivity contribution in [2.75, 3.05) is 0 Å². The Morgan fingerprint density at radius 1 is 0.739 bits per heavy atom. The molecule has 0 radical (unpaired) electrons. The molecule has 0 amide bonds. The summed E-state index contributed by atoms with van der Waals surface area (Å²) in [7, 11) is 0. The fourth-order valence-electron chi connectivity index (χ4n) is 5.82. The van der Waals surface area contributed by atoms with Gasteiger partial charge in [-0.2, -0.15) is 5.26 Å². The number of nitriles is 1. The van der Waals surface area contributed by atoms with Crippen molar-refractivity contribution in [2.45, 2.75) is 26.2 Å². The Bertz CT molecular complexity index is 2320. The Balaban J connectivity index is 1.31. The number of hydrogen-bond donors (Lipinski definition) is 1. The molecule has 1 aromatic heterocycles. The van der Waals surface area contributed by atoms with Crippen LogP contribution in [0.1, 0.15) is 37.5 Å². The summed E-state index contributed by atoms with van der Waals surface area (Å²) in [6.45, 7) is 6.43. The van der Waals surface area contributed by atoms with Gasteiger partial charge in [-0.3, -0.25) is 4.99 Å². The fraction of sp³-hybridized carbons (Fsp3) is 0.0976. The molecule has 0 bridgehead atoms. The number of aromatic hydroxyl groups is 1. The van der Waals surface area contributed by atoms with Crippen molar-refractivity contribution < 1.29 is 9.52 Å². The van der Waals surface area contributed by atoms with E-state index in [0.29, 0.717) is 28.3 Å². The predicted octanol–water partition coefficient (Wildman–Crippen LogP) is 10.6. The number of rotatable bonds is 5. The van der Waals surface area contributed by atoms with E-state index in [2.05, 4.69) is 57.2 Å². The van der Waals surface area contributed by atoms with Crippen LogP contribution in [0, 0.1) is 11.3 Å². The molecular formula is C41H31N3O2. The van der Waals surface area contributed by atoms with Gasteiger partial charge in [0.15, 0.2) is 5.58 Å². The molecule has 1 N–H and O–H groups in total. The van der Waals surface area contributed by atoms with E-state index in [0.717, 1.165) is 49.7 Å². The van der Waals surface area contributed by atoms with Gasteiger partial charge >= 0.3 is 0 Å². The van der Waals surface area contributed by atoms with E-state index < -0.39 is 0 Å². The molecule has 0 aliphatic carbocycles. The molecular weight excluding hydrogens is 566 g/mol. The third-order valence-corrected chi connectivity index (χ3v) is 8.33. The van der Waals surface area contributed by atoms with Crippen LogP contribution in [0.5, 0.6) is 5.75 Å². The molecule has 0 aliphatic heterocycles. The van der Waals surface area contributed by atoms with Crippen LogP contribution in [0.2, 0.25) is 0 Å². The van der Waals surface area contributed by atoms with E-state index in [9.17, 15) is 10.4 Å². The zero-order valence-electron chi connectivity index (χ0n) is 25.8. The second kappa shape index (κ2) is 11.5. The molecule has 7 rings (SSSR count). The quantitative estimate of drug-likeness (QED) is 0.200. The Kier molecular flexibility index (Phi) is 7.19. The molecule has 0 aliphatic rings. The van der Waals surface area contributed by atoms with Crippen LogP contribution >= 0.6 is 0 Å². The van der Waals surface area contributed by atoms with E-state index in [1.54, 1.807) is 12.3 Å². The van der Waals surface area contributed by atoms with Crippen molar-refractivity contribution in [3.8, 4) is 45.5 Å². The van der Waals surface area contributed by atoms with E-state index >= 15 is 0 Å². The zero-order chi connectivity index (χ0) is 31.8. The largest absolute Gasteiger partial charge is 0.507 e. The number of aliphatic imine (C=N–C) groups is 1. The number of phenols is 1. The van der Waals surface area contributed by atoms with Crippen molar-refractivity contribution in [3.05, 3.63) is 138 Å². The van der Waals surface area contributed by atoms with E-state index in [1.165, 1.54) is 0 Å². The summed E-state index contributed by atoms with van der Waals surface area (Å²) in [5.74, 6) is 0.652. The first kappa shape index (κ1) is 28.8. The highest BCUT2D eigenvalue weighted by atomic mass is 16.3. The van der Waals surface area contributed by atoms with Gasteiger partial charge in [0.2, 0.25) is 5.89 Å². The van der Waals surface area contributed by atoms with Crippen molar-refractivity contribution in [1.82, 2.24) is 4.98 Å². The number of fused-ring (bicyclic) bond motifs is 2. The fourth-order valence-corrected chi connectivity index (χ4v) is 5.82. The van der Waals surface area contributed by atoms with Crippen LogP contribution in [0.4, 0.5) is 5.69 Å². The maximum Gasteiger partial charge on any atom is 0.229 e. The van der Waals surface area contributed by atoms with Gasteiger partial charge in [-0.1, -0.05) is 99.6 Å². The van der Waals surface area contributed by atoms with Crippen molar-refractivity contribution in [1.29, 1.82) is 5.26 Å².